The highest BCUT2D eigenvalue weighted by Gasteiger charge is 2.22. The summed E-state index contributed by atoms with van der Waals surface area (Å²) in [5, 5.41) is 8.93. The van der Waals surface area contributed by atoms with Gasteiger partial charge in [0.05, 0.1) is 29.4 Å². The molecule has 0 radical (unpaired) electrons. The third-order valence-corrected chi connectivity index (χ3v) is 5.28. The number of carbonyl (C=O) groups is 1. The molecule has 1 fully saturated rings. The maximum Gasteiger partial charge on any atom is 0.335 e. The van der Waals surface area contributed by atoms with Gasteiger partial charge in [0.15, 0.2) is 9.84 Å². The van der Waals surface area contributed by atoms with Gasteiger partial charge < -0.3 is 9.84 Å². The van der Waals surface area contributed by atoms with Gasteiger partial charge in [0.25, 0.3) is 0 Å². The molecule has 0 amide bonds. The predicted octanol–water partition coefficient (Wildman–Crippen LogP) is 0.879. The average Bonchev–Trinajstić information content (AvgIpc) is 2.46. The average molecular weight is 313 g/mol. The van der Waals surface area contributed by atoms with Crippen molar-refractivity contribution < 1.29 is 23.1 Å². The van der Waals surface area contributed by atoms with E-state index in [1.165, 1.54) is 24.3 Å². The van der Waals surface area contributed by atoms with Crippen LogP contribution in [0.15, 0.2) is 29.2 Å². The third-order valence-electron chi connectivity index (χ3n) is 3.59. The Kier molecular flexibility index (Phi) is 4.97. The fourth-order valence-corrected chi connectivity index (χ4v) is 3.57. The van der Waals surface area contributed by atoms with Gasteiger partial charge in [-0.05, 0) is 25.1 Å². The fraction of sp³-hybridized carbons (Fsp3) is 0.500. The van der Waals surface area contributed by atoms with E-state index in [0.29, 0.717) is 26.3 Å². The largest absolute Gasteiger partial charge is 0.478 e. The van der Waals surface area contributed by atoms with Crippen molar-refractivity contribution >= 4 is 15.8 Å². The van der Waals surface area contributed by atoms with Crippen molar-refractivity contribution in [1.29, 1.82) is 0 Å². The summed E-state index contributed by atoms with van der Waals surface area (Å²) in [6, 6.07) is 5.67. The van der Waals surface area contributed by atoms with Crippen molar-refractivity contribution in [3.8, 4) is 0 Å². The first kappa shape index (κ1) is 15.9. The molecule has 0 saturated carbocycles. The highest BCUT2D eigenvalue weighted by atomic mass is 32.2. The van der Waals surface area contributed by atoms with Gasteiger partial charge in [-0.3, -0.25) is 4.90 Å². The zero-order valence-corrected chi connectivity index (χ0v) is 12.7. The van der Waals surface area contributed by atoms with Crippen LogP contribution in [0.1, 0.15) is 17.3 Å². The minimum absolute atomic E-state index is 0.0178. The summed E-state index contributed by atoms with van der Waals surface area (Å²) >= 11 is 0. The second kappa shape index (κ2) is 6.55. The number of ether oxygens (including phenoxy) is 1. The molecule has 1 aliphatic rings. The van der Waals surface area contributed by atoms with Gasteiger partial charge in [-0.15, -0.1) is 0 Å². The summed E-state index contributed by atoms with van der Waals surface area (Å²) in [4.78, 5) is 13.0. The highest BCUT2D eigenvalue weighted by molar-refractivity contribution is 7.91. The molecule has 1 N–H and O–H groups in total. The summed E-state index contributed by atoms with van der Waals surface area (Å²) in [7, 11) is -3.48. The van der Waals surface area contributed by atoms with Crippen LogP contribution in [0.5, 0.6) is 0 Å². The first-order valence-corrected chi connectivity index (χ1v) is 8.43. The van der Waals surface area contributed by atoms with Crippen LogP contribution in [0.4, 0.5) is 0 Å². The molecule has 1 aromatic rings. The second-order valence-electron chi connectivity index (χ2n) is 5.11. The first-order valence-electron chi connectivity index (χ1n) is 6.78. The molecule has 0 bridgehead atoms. The molecular weight excluding hydrogens is 294 g/mol. The molecule has 1 heterocycles. The van der Waals surface area contributed by atoms with Crippen molar-refractivity contribution in [2.24, 2.45) is 0 Å². The van der Waals surface area contributed by atoms with E-state index in [0.717, 1.165) is 0 Å². The first-order chi connectivity index (χ1) is 9.90. The van der Waals surface area contributed by atoms with Crippen LogP contribution in [0.3, 0.4) is 0 Å². The van der Waals surface area contributed by atoms with Gasteiger partial charge in [0.2, 0.25) is 0 Å². The Morgan fingerprint density at radius 2 is 2.24 bits per heavy atom. The molecular formula is C14H19NO5S. The van der Waals surface area contributed by atoms with Gasteiger partial charge in [-0.25, -0.2) is 13.2 Å². The zero-order valence-electron chi connectivity index (χ0n) is 11.9. The monoisotopic (exact) mass is 313 g/mol. The predicted molar refractivity (Wildman–Crippen MR) is 77.3 cm³/mol. The summed E-state index contributed by atoms with van der Waals surface area (Å²) < 4.78 is 29.9. The van der Waals surface area contributed by atoms with Crippen molar-refractivity contribution in [3.05, 3.63) is 29.8 Å². The Morgan fingerprint density at radius 1 is 1.48 bits per heavy atom. The lowest BCUT2D eigenvalue weighted by Crippen LogP contribution is -2.45. The summed E-state index contributed by atoms with van der Waals surface area (Å²) in [5.74, 6) is -1.16. The molecule has 6 nitrogen and oxygen atoms in total. The number of hydrogen-bond donors (Lipinski definition) is 1. The number of carboxylic acid groups (broad SMARTS) is 1. The van der Waals surface area contributed by atoms with E-state index in [1.54, 1.807) is 0 Å². The number of hydrogen-bond acceptors (Lipinski definition) is 5. The van der Waals surface area contributed by atoms with E-state index >= 15 is 0 Å². The van der Waals surface area contributed by atoms with E-state index in [1.807, 2.05) is 6.92 Å². The molecule has 1 atom stereocenters. The number of carboxylic acids is 1. The summed E-state index contributed by atoms with van der Waals surface area (Å²) in [6.45, 7) is 4.35. The Balaban J connectivity index is 2.07. The molecule has 0 aromatic heterocycles. The SMILES string of the molecule is CC1COCCN1CCS(=O)(=O)c1cccc(C(=O)O)c1. The minimum atomic E-state index is -3.48. The van der Waals surface area contributed by atoms with Crippen molar-refractivity contribution in [2.45, 2.75) is 17.9 Å². The van der Waals surface area contributed by atoms with Crippen molar-refractivity contribution in [3.63, 3.8) is 0 Å². The Labute approximate surface area is 124 Å². The fourth-order valence-electron chi connectivity index (χ4n) is 2.27. The minimum Gasteiger partial charge on any atom is -0.478 e. The normalized spacial score (nSPS) is 20.3. The number of nitrogens with zero attached hydrogens (tertiary/aromatic N) is 1. The zero-order chi connectivity index (χ0) is 15.5. The number of rotatable bonds is 5. The molecule has 1 unspecified atom stereocenters. The number of morpholine rings is 1. The van der Waals surface area contributed by atoms with Gasteiger partial charge in [0, 0.05) is 19.1 Å². The van der Waals surface area contributed by atoms with Crippen molar-refractivity contribution in [2.75, 3.05) is 32.1 Å². The molecule has 1 saturated heterocycles. The van der Waals surface area contributed by atoms with E-state index in [9.17, 15) is 13.2 Å². The van der Waals surface area contributed by atoms with Crippen LogP contribution in [0.2, 0.25) is 0 Å². The Morgan fingerprint density at radius 3 is 2.90 bits per heavy atom. The van der Waals surface area contributed by atoms with E-state index < -0.39 is 15.8 Å². The van der Waals surface area contributed by atoms with Crippen LogP contribution in [-0.4, -0.2) is 62.5 Å². The third kappa shape index (κ3) is 4.03. The Bertz CT molecular complexity index is 614. The summed E-state index contributed by atoms with van der Waals surface area (Å²) in [5.41, 5.74) is -0.0178. The molecule has 1 aliphatic heterocycles. The van der Waals surface area contributed by atoms with E-state index in [-0.39, 0.29) is 22.3 Å². The number of benzene rings is 1. The van der Waals surface area contributed by atoms with Gasteiger partial charge in [-0.2, -0.15) is 0 Å². The number of sulfone groups is 1. The Hall–Kier alpha value is -1.44. The topological polar surface area (TPSA) is 83.9 Å². The molecule has 1 aromatic carbocycles. The van der Waals surface area contributed by atoms with Gasteiger partial charge >= 0.3 is 5.97 Å². The molecule has 0 aliphatic carbocycles. The lowest BCUT2D eigenvalue weighted by Gasteiger charge is -2.32. The highest BCUT2D eigenvalue weighted by Crippen LogP contribution is 2.15. The smallest absolute Gasteiger partial charge is 0.335 e. The maximum atomic E-state index is 12.3. The summed E-state index contributed by atoms with van der Waals surface area (Å²) in [6.07, 6.45) is 0. The molecule has 116 valence electrons. The molecule has 7 heteroatoms. The van der Waals surface area contributed by atoms with E-state index in [4.69, 9.17) is 9.84 Å². The van der Waals surface area contributed by atoms with Gasteiger partial charge in [-0.1, -0.05) is 6.07 Å². The van der Waals surface area contributed by atoms with Crippen LogP contribution in [-0.2, 0) is 14.6 Å². The van der Waals surface area contributed by atoms with Crippen LogP contribution in [0, 0.1) is 0 Å². The molecule has 21 heavy (non-hydrogen) atoms. The van der Waals surface area contributed by atoms with Gasteiger partial charge in [0.1, 0.15) is 0 Å². The lowest BCUT2D eigenvalue weighted by atomic mass is 10.2. The van der Waals surface area contributed by atoms with Crippen LogP contribution in [0.25, 0.3) is 0 Å². The van der Waals surface area contributed by atoms with E-state index in [2.05, 4.69) is 4.90 Å². The maximum absolute atomic E-state index is 12.3. The molecule has 2 rings (SSSR count). The lowest BCUT2D eigenvalue weighted by molar-refractivity contribution is 0.00280. The number of aromatic carboxylic acids is 1. The quantitative estimate of drug-likeness (QED) is 0.869. The van der Waals surface area contributed by atoms with Crippen LogP contribution >= 0.6 is 0 Å². The second-order valence-corrected chi connectivity index (χ2v) is 7.22. The molecule has 0 spiro atoms. The standard InChI is InChI=1S/C14H19NO5S/c1-11-10-20-7-5-15(11)6-8-21(18,19)13-4-2-3-12(9-13)14(16)17/h2-4,9,11H,5-8,10H2,1H3,(H,16,17). The van der Waals surface area contributed by atoms with Crippen LogP contribution < -0.4 is 0 Å². The van der Waals surface area contributed by atoms with Crippen molar-refractivity contribution in [1.82, 2.24) is 4.90 Å².